The molecule has 0 spiro atoms. The molecule has 0 atom stereocenters. The van der Waals surface area contributed by atoms with E-state index in [-0.39, 0.29) is 12.5 Å². The first-order valence-corrected chi connectivity index (χ1v) is 8.46. The van der Waals surface area contributed by atoms with E-state index in [0.29, 0.717) is 28.4 Å². The van der Waals surface area contributed by atoms with Gasteiger partial charge in [-0.1, -0.05) is 17.7 Å². The second-order valence-corrected chi connectivity index (χ2v) is 5.77. The molecule has 8 nitrogen and oxygen atoms in total. The van der Waals surface area contributed by atoms with E-state index in [2.05, 4.69) is 15.8 Å². The average Bonchev–Trinajstić information content (AvgIpc) is 2.71. The van der Waals surface area contributed by atoms with Crippen LogP contribution in [0.3, 0.4) is 0 Å². The molecule has 2 aromatic carbocycles. The fourth-order valence-electron chi connectivity index (χ4n) is 2.49. The van der Waals surface area contributed by atoms with Gasteiger partial charge in [-0.3, -0.25) is 9.59 Å². The van der Waals surface area contributed by atoms with Crippen LogP contribution < -0.4 is 25.0 Å². The number of benzene rings is 2. The summed E-state index contributed by atoms with van der Waals surface area (Å²) in [5.74, 6) is 0.568. The number of rotatable bonds is 8. The summed E-state index contributed by atoms with van der Waals surface area (Å²) in [6.07, 6.45) is 1.42. The summed E-state index contributed by atoms with van der Waals surface area (Å²) >= 11 is 0. The lowest BCUT2D eigenvalue weighted by Gasteiger charge is -2.13. The number of hydrogen-bond donors (Lipinski definition) is 2. The zero-order valence-corrected chi connectivity index (χ0v) is 16.2. The standard InChI is InChI=1S/C20H23N3O5/c1-13-6-5-7-14(10-13)20(25)21-12-17(24)23-22-11-15-8-9-16(26-2)19(28-4)18(15)27-3/h5-11H,12H2,1-4H3,(H,21,25)(H,23,24). The third kappa shape index (κ3) is 5.23. The number of hydrogen-bond acceptors (Lipinski definition) is 6. The molecule has 0 saturated heterocycles. The smallest absolute Gasteiger partial charge is 0.259 e. The molecule has 0 aromatic heterocycles. The number of ether oxygens (including phenoxy) is 3. The molecule has 0 radical (unpaired) electrons. The summed E-state index contributed by atoms with van der Waals surface area (Å²) in [4.78, 5) is 23.9. The van der Waals surface area contributed by atoms with Crippen LogP contribution >= 0.6 is 0 Å². The minimum absolute atomic E-state index is 0.201. The molecule has 0 aliphatic heterocycles. The van der Waals surface area contributed by atoms with E-state index in [1.54, 1.807) is 30.3 Å². The Bertz CT molecular complexity index is 880. The minimum atomic E-state index is -0.461. The second kappa shape index (κ2) is 9.96. The summed E-state index contributed by atoms with van der Waals surface area (Å²) in [7, 11) is 4.52. The summed E-state index contributed by atoms with van der Waals surface area (Å²) in [5, 5.41) is 6.44. The number of hydrazone groups is 1. The summed E-state index contributed by atoms with van der Waals surface area (Å²) in [6.45, 7) is 1.69. The van der Waals surface area contributed by atoms with E-state index in [1.807, 2.05) is 13.0 Å². The van der Waals surface area contributed by atoms with Crippen LogP contribution in [0.2, 0.25) is 0 Å². The van der Waals surface area contributed by atoms with Crippen LogP contribution in [-0.2, 0) is 4.79 Å². The highest BCUT2D eigenvalue weighted by atomic mass is 16.5. The summed E-state index contributed by atoms with van der Waals surface area (Å²) in [6, 6.07) is 10.5. The maximum atomic E-state index is 12.0. The maximum Gasteiger partial charge on any atom is 0.259 e. The molecule has 28 heavy (non-hydrogen) atoms. The first-order valence-electron chi connectivity index (χ1n) is 8.46. The SMILES string of the molecule is COc1ccc(C=NNC(=O)CNC(=O)c2cccc(C)c2)c(OC)c1OC. The fraction of sp³-hybridized carbons (Fsp3) is 0.250. The highest BCUT2D eigenvalue weighted by molar-refractivity contribution is 5.96. The van der Waals surface area contributed by atoms with Crippen molar-refractivity contribution in [3.8, 4) is 17.2 Å². The lowest BCUT2D eigenvalue weighted by Crippen LogP contribution is -2.34. The van der Waals surface area contributed by atoms with E-state index in [9.17, 15) is 9.59 Å². The lowest BCUT2D eigenvalue weighted by molar-refractivity contribution is -0.120. The van der Waals surface area contributed by atoms with Gasteiger partial charge in [0.2, 0.25) is 5.75 Å². The van der Waals surface area contributed by atoms with Gasteiger partial charge in [-0.25, -0.2) is 5.43 Å². The number of carbonyl (C=O) groups is 2. The first kappa shape index (κ1) is 20.8. The quantitative estimate of drug-likeness (QED) is 0.534. The Morgan fingerprint density at radius 1 is 1.04 bits per heavy atom. The number of carbonyl (C=O) groups excluding carboxylic acids is 2. The minimum Gasteiger partial charge on any atom is -0.493 e. The van der Waals surface area contributed by atoms with Crippen LogP contribution in [0, 0.1) is 6.92 Å². The molecule has 0 heterocycles. The lowest BCUT2D eigenvalue weighted by atomic mass is 10.1. The van der Waals surface area contributed by atoms with Crippen molar-refractivity contribution in [1.29, 1.82) is 0 Å². The molecule has 0 bridgehead atoms. The number of amides is 2. The van der Waals surface area contributed by atoms with Crippen LogP contribution in [-0.4, -0.2) is 45.9 Å². The molecular formula is C20H23N3O5. The number of methoxy groups -OCH3 is 3. The van der Waals surface area contributed by atoms with E-state index in [4.69, 9.17) is 14.2 Å². The molecule has 0 aliphatic rings. The Hall–Kier alpha value is -3.55. The molecule has 2 aromatic rings. The number of nitrogens with zero attached hydrogens (tertiary/aromatic N) is 1. The van der Waals surface area contributed by atoms with Gasteiger partial charge in [-0.05, 0) is 31.2 Å². The van der Waals surface area contributed by atoms with Crippen molar-refractivity contribution in [3.05, 3.63) is 53.1 Å². The van der Waals surface area contributed by atoms with Crippen molar-refractivity contribution in [3.63, 3.8) is 0 Å². The monoisotopic (exact) mass is 385 g/mol. The fourth-order valence-corrected chi connectivity index (χ4v) is 2.49. The van der Waals surface area contributed by atoms with E-state index in [0.717, 1.165) is 5.56 Å². The highest BCUT2D eigenvalue weighted by Crippen LogP contribution is 2.38. The third-order valence-electron chi connectivity index (χ3n) is 3.82. The van der Waals surface area contributed by atoms with Gasteiger partial charge < -0.3 is 19.5 Å². The maximum absolute atomic E-state index is 12.0. The molecule has 0 fully saturated rings. The molecule has 2 N–H and O–H groups in total. The van der Waals surface area contributed by atoms with Crippen LogP contribution in [0.5, 0.6) is 17.2 Å². The Kier molecular flexibility index (Phi) is 7.38. The van der Waals surface area contributed by atoms with Crippen molar-refractivity contribution in [1.82, 2.24) is 10.7 Å². The molecule has 148 valence electrons. The van der Waals surface area contributed by atoms with Gasteiger partial charge in [-0.2, -0.15) is 5.10 Å². The zero-order chi connectivity index (χ0) is 20.5. The Morgan fingerprint density at radius 3 is 2.43 bits per heavy atom. The van der Waals surface area contributed by atoms with Crippen LogP contribution in [0.4, 0.5) is 0 Å². The topological polar surface area (TPSA) is 98.2 Å². The molecule has 0 unspecified atom stereocenters. The van der Waals surface area contributed by atoms with Crippen molar-refractivity contribution >= 4 is 18.0 Å². The van der Waals surface area contributed by atoms with E-state index in [1.165, 1.54) is 27.5 Å². The van der Waals surface area contributed by atoms with Crippen molar-refractivity contribution < 1.29 is 23.8 Å². The second-order valence-electron chi connectivity index (χ2n) is 5.77. The highest BCUT2D eigenvalue weighted by Gasteiger charge is 2.14. The third-order valence-corrected chi connectivity index (χ3v) is 3.82. The van der Waals surface area contributed by atoms with Gasteiger partial charge in [-0.15, -0.1) is 0 Å². The molecule has 2 amide bonds. The Balaban J connectivity index is 1.95. The average molecular weight is 385 g/mol. The first-order chi connectivity index (χ1) is 13.5. The van der Waals surface area contributed by atoms with Gasteiger partial charge in [0.15, 0.2) is 11.5 Å². The van der Waals surface area contributed by atoms with Gasteiger partial charge in [0.25, 0.3) is 11.8 Å². The number of nitrogens with one attached hydrogen (secondary N) is 2. The van der Waals surface area contributed by atoms with Crippen molar-refractivity contribution in [2.24, 2.45) is 5.10 Å². The van der Waals surface area contributed by atoms with Gasteiger partial charge >= 0.3 is 0 Å². The van der Waals surface area contributed by atoms with E-state index >= 15 is 0 Å². The van der Waals surface area contributed by atoms with Gasteiger partial charge in [0.1, 0.15) is 0 Å². The predicted molar refractivity (Wildman–Crippen MR) is 105 cm³/mol. The predicted octanol–water partition coefficient (Wildman–Crippen LogP) is 1.90. The van der Waals surface area contributed by atoms with E-state index < -0.39 is 5.91 Å². The summed E-state index contributed by atoms with van der Waals surface area (Å²) in [5.41, 5.74) is 4.40. The van der Waals surface area contributed by atoms with Crippen molar-refractivity contribution in [2.75, 3.05) is 27.9 Å². The van der Waals surface area contributed by atoms with Crippen molar-refractivity contribution in [2.45, 2.75) is 6.92 Å². The van der Waals surface area contributed by atoms with Gasteiger partial charge in [0, 0.05) is 11.1 Å². The van der Waals surface area contributed by atoms with Crippen LogP contribution in [0.1, 0.15) is 21.5 Å². The Morgan fingerprint density at radius 2 is 1.79 bits per heavy atom. The Labute approximate surface area is 163 Å². The molecule has 0 saturated carbocycles. The van der Waals surface area contributed by atoms with Crippen LogP contribution in [0.25, 0.3) is 0 Å². The summed E-state index contributed by atoms with van der Waals surface area (Å²) < 4.78 is 15.8. The largest absolute Gasteiger partial charge is 0.493 e. The van der Waals surface area contributed by atoms with Gasteiger partial charge in [0.05, 0.1) is 34.1 Å². The molecule has 8 heteroatoms. The number of aryl methyl sites for hydroxylation is 1. The normalized spacial score (nSPS) is 10.4. The molecule has 0 aliphatic carbocycles. The van der Waals surface area contributed by atoms with Crippen LogP contribution in [0.15, 0.2) is 41.5 Å². The molecule has 2 rings (SSSR count). The zero-order valence-electron chi connectivity index (χ0n) is 16.2. The molecular weight excluding hydrogens is 362 g/mol.